The van der Waals surface area contributed by atoms with E-state index in [1.807, 2.05) is 0 Å². The smallest absolute Gasteiger partial charge is 0.299 e. The van der Waals surface area contributed by atoms with E-state index in [1.54, 1.807) is 37.1 Å². The summed E-state index contributed by atoms with van der Waals surface area (Å²) in [5.41, 5.74) is -2.45. The number of para-hydroxylation sites is 1. The van der Waals surface area contributed by atoms with Gasteiger partial charge >= 0.3 is 0 Å². The highest BCUT2D eigenvalue weighted by Gasteiger charge is 2.80. The minimum atomic E-state index is -1.97. The molecule has 4 heterocycles. The predicted molar refractivity (Wildman–Crippen MR) is 105 cm³/mol. The minimum absolute atomic E-state index is 0.0791. The molecule has 0 radical (unpaired) electrons. The first-order valence-corrected chi connectivity index (χ1v) is 10.6. The number of nitrogens with zero attached hydrogens (tertiary/aromatic N) is 2. The molecule has 9 nitrogen and oxygen atoms in total. The Morgan fingerprint density at radius 1 is 1.26 bits per heavy atom. The van der Waals surface area contributed by atoms with Gasteiger partial charge in [0.05, 0.1) is 17.7 Å². The molecule has 4 aliphatic heterocycles. The Morgan fingerprint density at radius 2 is 2.03 bits per heavy atom. The van der Waals surface area contributed by atoms with Gasteiger partial charge in [0.15, 0.2) is 11.5 Å². The molecule has 6 rings (SSSR count). The number of carbonyl (C=O) groups excluding carboxylic acids is 3. The summed E-state index contributed by atoms with van der Waals surface area (Å²) in [5, 5.41) is 12.5. The summed E-state index contributed by atoms with van der Waals surface area (Å²) in [7, 11) is 3.06. The van der Waals surface area contributed by atoms with Crippen molar-refractivity contribution in [3.63, 3.8) is 0 Å². The number of anilines is 1. The number of rotatable bonds is 1. The summed E-state index contributed by atoms with van der Waals surface area (Å²) < 4.78 is 17.2. The average molecular weight is 428 g/mol. The summed E-state index contributed by atoms with van der Waals surface area (Å²) in [6.07, 6.45) is -2.35. The number of hydrogen-bond donors (Lipinski definition) is 1. The van der Waals surface area contributed by atoms with Crippen LogP contribution in [0.4, 0.5) is 5.69 Å². The normalized spacial score (nSPS) is 42.7. The summed E-state index contributed by atoms with van der Waals surface area (Å²) >= 11 is 0. The number of aliphatic hydroxyl groups is 1. The van der Waals surface area contributed by atoms with Crippen molar-refractivity contribution in [1.29, 1.82) is 0 Å². The van der Waals surface area contributed by atoms with E-state index >= 15 is 0 Å². The summed E-state index contributed by atoms with van der Waals surface area (Å²) in [4.78, 5) is 43.4. The van der Waals surface area contributed by atoms with Gasteiger partial charge < -0.3 is 24.2 Å². The molecule has 2 saturated heterocycles. The molecule has 7 atom stereocenters. The number of hydrogen-bond acceptors (Lipinski definition) is 7. The van der Waals surface area contributed by atoms with Crippen LogP contribution >= 0.6 is 0 Å². The highest BCUT2D eigenvalue weighted by molar-refractivity contribution is 6.10. The lowest BCUT2D eigenvalue weighted by Gasteiger charge is -2.52. The number of fused-ring (bicyclic) bond motifs is 2. The fourth-order valence-corrected chi connectivity index (χ4v) is 6.67. The van der Waals surface area contributed by atoms with Crippen molar-refractivity contribution >= 4 is 23.3 Å². The van der Waals surface area contributed by atoms with Crippen LogP contribution in [0.5, 0.6) is 5.75 Å². The van der Waals surface area contributed by atoms with Crippen molar-refractivity contribution in [2.45, 2.75) is 49.4 Å². The maximum atomic E-state index is 14.2. The number of carbonyl (C=O) groups is 3. The van der Waals surface area contributed by atoms with E-state index in [4.69, 9.17) is 14.2 Å². The standard InChI is InChI=1S/C22H24N2O7/c1-10-15-11-9-14(25)23(2)8-7-21(17(15)26)12-5-4-6-13-16(12)24(19(27)20(29-3)31-13)22(21,28)18(11)30-10/h4-6,10-11,15,18,20,28H,7-9H2,1-3H3. The maximum Gasteiger partial charge on any atom is 0.299 e. The van der Waals surface area contributed by atoms with E-state index in [1.165, 1.54) is 12.0 Å². The molecule has 5 aliphatic rings. The second-order valence-corrected chi connectivity index (χ2v) is 9.23. The Hall–Kier alpha value is -2.49. The number of methoxy groups -OCH3 is 1. The van der Waals surface area contributed by atoms with Crippen LogP contribution in [0.2, 0.25) is 0 Å². The molecule has 1 aliphatic carbocycles. The zero-order valence-corrected chi connectivity index (χ0v) is 17.5. The summed E-state index contributed by atoms with van der Waals surface area (Å²) in [6.45, 7) is 2.07. The first-order valence-electron chi connectivity index (χ1n) is 10.6. The number of Topliss-reactive ketones (excluding diaryl/α,β-unsaturated/α-hetero) is 1. The van der Waals surface area contributed by atoms with E-state index in [2.05, 4.69) is 0 Å². The fraction of sp³-hybridized carbons (Fsp3) is 0.591. The van der Waals surface area contributed by atoms with Crippen LogP contribution in [0, 0.1) is 11.8 Å². The highest BCUT2D eigenvalue weighted by atomic mass is 16.7. The molecule has 31 heavy (non-hydrogen) atoms. The third-order valence-corrected chi connectivity index (χ3v) is 8.02. The zero-order valence-electron chi connectivity index (χ0n) is 17.5. The lowest BCUT2D eigenvalue weighted by atomic mass is 9.55. The second kappa shape index (κ2) is 5.85. The number of amides is 2. The zero-order chi connectivity index (χ0) is 21.9. The Labute approximate surface area is 178 Å². The Bertz CT molecular complexity index is 1040. The van der Waals surface area contributed by atoms with Crippen LogP contribution in [0.25, 0.3) is 0 Å². The van der Waals surface area contributed by atoms with Crippen molar-refractivity contribution < 1.29 is 33.7 Å². The van der Waals surface area contributed by atoms with Crippen molar-refractivity contribution in [2.75, 3.05) is 25.6 Å². The third kappa shape index (κ3) is 1.92. The van der Waals surface area contributed by atoms with Gasteiger partial charge in [0, 0.05) is 33.0 Å². The topological polar surface area (TPSA) is 106 Å². The largest absolute Gasteiger partial charge is 0.453 e. The molecule has 0 aromatic heterocycles. The molecular weight excluding hydrogens is 404 g/mol. The van der Waals surface area contributed by atoms with Gasteiger partial charge in [-0.25, -0.2) is 0 Å². The molecular formula is C22H24N2O7. The van der Waals surface area contributed by atoms with E-state index in [9.17, 15) is 19.5 Å². The first-order chi connectivity index (χ1) is 14.8. The molecule has 9 heteroatoms. The van der Waals surface area contributed by atoms with Crippen LogP contribution in [0.1, 0.15) is 25.3 Å². The molecule has 7 unspecified atom stereocenters. The number of ether oxygens (including phenoxy) is 3. The van der Waals surface area contributed by atoms with E-state index < -0.39 is 47.4 Å². The quantitative estimate of drug-likeness (QED) is 0.680. The van der Waals surface area contributed by atoms with Crippen LogP contribution in [-0.2, 0) is 29.3 Å². The third-order valence-electron chi connectivity index (χ3n) is 8.02. The lowest BCUT2D eigenvalue weighted by Crippen LogP contribution is -2.74. The van der Waals surface area contributed by atoms with Gasteiger partial charge in [-0.15, -0.1) is 0 Å². The Kier molecular flexibility index (Phi) is 3.62. The molecule has 4 bridgehead atoms. The Balaban J connectivity index is 1.69. The van der Waals surface area contributed by atoms with Crippen molar-refractivity contribution in [3.8, 4) is 5.75 Å². The maximum absolute atomic E-state index is 14.2. The van der Waals surface area contributed by atoms with Crippen LogP contribution in [0.15, 0.2) is 18.2 Å². The molecule has 1 spiro atoms. The Morgan fingerprint density at radius 3 is 2.77 bits per heavy atom. The van der Waals surface area contributed by atoms with Crippen LogP contribution < -0.4 is 9.64 Å². The molecule has 1 N–H and O–H groups in total. The summed E-state index contributed by atoms with van der Waals surface area (Å²) in [5.74, 6) is -1.54. The summed E-state index contributed by atoms with van der Waals surface area (Å²) in [6, 6.07) is 5.22. The molecule has 164 valence electrons. The van der Waals surface area contributed by atoms with E-state index in [0.29, 0.717) is 17.0 Å². The minimum Gasteiger partial charge on any atom is -0.453 e. The number of benzene rings is 1. The van der Waals surface area contributed by atoms with Gasteiger partial charge in [-0.3, -0.25) is 19.3 Å². The fourth-order valence-electron chi connectivity index (χ4n) is 6.67. The van der Waals surface area contributed by atoms with Crippen LogP contribution in [-0.4, -0.2) is 72.5 Å². The number of ketones is 1. The van der Waals surface area contributed by atoms with E-state index in [0.717, 1.165) is 0 Å². The second-order valence-electron chi connectivity index (χ2n) is 9.23. The van der Waals surface area contributed by atoms with Gasteiger partial charge in [0.2, 0.25) is 5.91 Å². The van der Waals surface area contributed by atoms with Gasteiger partial charge in [-0.2, -0.15) is 0 Å². The molecule has 3 fully saturated rings. The predicted octanol–water partition coefficient (Wildman–Crippen LogP) is 0.179. The molecule has 1 aromatic rings. The van der Waals surface area contributed by atoms with Gasteiger partial charge in [-0.1, -0.05) is 12.1 Å². The van der Waals surface area contributed by atoms with Crippen molar-refractivity contribution in [1.82, 2.24) is 4.90 Å². The lowest BCUT2D eigenvalue weighted by molar-refractivity contribution is -0.180. The van der Waals surface area contributed by atoms with Crippen molar-refractivity contribution in [3.05, 3.63) is 23.8 Å². The van der Waals surface area contributed by atoms with Crippen LogP contribution in [0.3, 0.4) is 0 Å². The highest BCUT2D eigenvalue weighted by Crippen LogP contribution is 2.66. The first kappa shape index (κ1) is 19.2. The SMILES string of the molecule is COC1Oc2cccc3c2N(C1=O)C1(O)C2OC(C)C4C(=O)C31CCN(C)C(=O)CC42. The molecule has 1 aromatic carbocycles. The average Bonchev–Trinajstić information content (AvgIpc) is 3.18. The van der Waals surface area contributed by atoms with Gasteiger partial charge in [0.1, 0.15) is 17.3 Å². The molecule has 2 amide bonds. The van der Waals surface area contributed by atoms with Crippen molar-refractivity contribution in [2.24, 2.45) is 11.8 Å². The van der Waals surface area contributed by atoms with E-state index in [-0.39, 0.29) is 31.1 Å². The molecule has 1 saturated carbocycles. The van der Waals surface area contributed by atoms with Gasteiger partial charge in [-0.05, 0) is 25.0 Å². The van der Waals surface area contributed by atoms with Gasteiger partial charge in [0.25, 0.3) is 12.2 Å². The monoisotopic (exact) mass is 428 g/mol.